The summed E-state index contributed by atoms with van der Waals surface area (Å²) < 4.78 is 16.3. The second-order valence-electron chi connectivity index (χ2n) is 8.60. The highest BCUT2D eigenvalue weighted by Crippen LogP contribution is 2.31. The molecule has 0 atom stereocenters. The van der Waals surface area contributed by atoms with Crippen LogP contribution in [-0.2, 0) is 22.6 Å². The lowest BCUT2D eigenvalue weighted by Gasteiger charge is -2.12. The van der Waals surface area contributed by atoms with Gasteiger partial charge in [0.25, 0.3) is 0 Å². The molecule has 3 rings (SSSR count). The number of hydrogen-bond acceptors (Lipinski definition) is 6. The quantitative estimate of drug-likeness (QED) is 0.152. The van der Waals surface area contributed by atoms with Crippen LogP contribution in [0, 0.1) is 6.92 Å². The summed E-state index contributed by atoms with van der Waals surface area (Å²) in [6.07, 6.45) is 4.57. The van der Waals surface area contributed by atoms with Gasteiger partial charge in [-0.15, -0.1) is 0 Å². The van der Waals surface area contributed by atoms with E-state index < -0.39 is 11.7 Å². The molecular formula is C28H33NO6. The first-order valence-electron chi connectivity index (χ1n) is 12.2. The summed E-state index contributed by atoms with van der Waals surface area (Å²) in [4.78, 5) is 36.3. The van der Waals surface area contributed by atoms with Gasteiger partial charge in [0.05, 0.1) is 5.39 Å². The van der Waals surface area contributed by atoms with Crippen molar-refractivity contribution in [3.63, 3.8) is 0 Å². The first-order chi connectivity index (χ1) is 17.0. The maximum absolute atomic E-state index is 12.5. The first-order valence-corrected chi connectivity index (χ1v) is 12.2. The van der Waals surface area contributed by atoms with Gasteiger partial charge >= 0.3 is 17.7 Å². The average Bonchev–Trinajstić information content (AvgIpc) is 2.83. The Balaban J connectivity index is 1.44. The van der Waals surface area contributed by atoms with E-state index in [0.29, 0.717) is 36.1 Å². The molecule has 0 saturated carbocycles. The van der Waals surface area contributed by atoms with Crippen molar-refractivity contribution in [2.24, 2.45) is 0 Å². The number of esters is 1. The number of ether oxygens (including phenoxy) is 2. The highest BCUT2D eigenvalue weighted by molar-refractivity contribution is 5.90. The van der Waals surface area contributed by atoms with Crippen LogP contribution >= 0.6 is 0 Å². The van der Waals surface area contributed by atoms with Crippen LogP contribution in [-0.4, -0.2) is 18.6 Å². The SMILES string of the molecule is CCCCc1cc(=O)oc2cc(C)cc(OC(=O)CCCCCNC(=O)OCc3ccccc3)c12. The number of aryl methyl sites for hydroxylation is 2. The topological polar surface area (TPSA) is 94.8 Å². The van der Waals surface area contributed by atoms with Gasteiger partial charge < -0.3 is 19.2 Å². The summed E-state index contributed by atoms with van der Waals surface area (Å²) in [6.45, 7) is 4.66. The number of carbonyl (C=O) groups excluding carboxylic acids is 2. The van der Waals surface area contributed by atoms with Gasteiger partial charge in [0.15, 0.2) is 0 Å². The van der Waals surface area contributed by atoms with Gasteiger partial charge in [-0.1, -0.05) is 50.1 Å². The zero-order chi connectivity index (χ0) is 25.0. The molecule has 7 heteroatoms. The molecule has 186 valence electrons. The lowest BCUT2D eigenvalue weighted by molar-refractivity contribution is -0.134. The minimum Gasteiger partial charge on any atom is -0.445 e. The molecule has 2 aromatic carbocycles. The molecule has 0 spiro atoms. The molecule has 0 unspecified atom stereocenters. The molecule has 0 aliphatic carbocycles. The Morgan fingerprint density at radius 3 is 2.57 bits per heavy atom. The normalized spacial score (nSPS) is 10.8. The summed E-state index contributed by atoms with van der Waals surface area (Å²) in [5.41, 5.74) is 2.66. The molecule has 1 heterocycles. The molecule has 1 amide bonds. The van der Waals surface area contributed by atoms with Crippen LogP contribution in [0.4, 0.5) is 4.79 Å². The van der Waals surface area contributed by atoms with E-state index in [1.54, 1.807) is 12.1 Å². The summed E-state index contributed by atoms with van der Waals surface area (Å²) in [7, 11) is 0. The fraction of sp³-hybridized carbons (Fsp3) is 0.393. The Morgan fingerprint density at radius 1 is 1.00 bits per heavy atom. The van der Waals surface area contributed by atoms with Crippen molar-refractivity contribution in [2.75, 3.05) is 6.54 Å². The molecule has 0 aliphatic heterocycles. The molecule has 0 aliphatic rings. The minimum absolute atomic E-state index is 0.232. The molecule has 0 saturated heterocycles. The second kappa shape index (κ2) is 13.3. The van der Waals surface area contributed by atoms with Crippen molar-refractivity contribution in [1.82, 2.24) is 5.32 Å². The van der Waals surface area contributed by atoms with Crippen LogP contribution in [0.2, 0.25) is 0 Å². The van der Waals surface area contributed by atoms with Crippen molar-refractivity contribution < 1.29 is 23.5 Å². The Kier molecular flexibility index (Phi) is 9.90. The lowest BCUT2D eigenvalue weighted by atomic mass is 10.0. The van der Waals surface area contributed by atoms with Gasteiger partial charge in [-0.2, -0.15) is 0 Å². The maximum atomic E-state index is 12.5. The molecule has 1 aromatic heterocycles. The fourth-order valence-corrected chi connectivity index (χ4v) is 3.82. The van der Waals surface area contributed by atoms with Crippen LogP contribution in [0.15, 0.2) is 57.7 Å². The standard InChI is InChI=1S/C28H33NO6/c1-3-4-13-22-18-26(31)35-24-17-20(2)16-23(27(22)24)34-25(30)14-9-6-10-15-29-28(32)33-19-21-11-7-5-8-12-21/h5,7-8,11-12,16-18H,3-4,6,9-10,13-15,19H2,1-2H3,(H,29,32). The summed E-state index contributed by atoms with van der Waals surface area (Å²) in [5, 5.41) is 3.41. The first kappa shape index (κ1) is 26.0. The molecule has 0 radical (unpaired) electrons. The van der Waals surface area contributed by atoms with Gasteiger partial charge in [0.1, 0.15) is 17.9 Å². The molecule has 1 N–H and O–H groups in total. The van der Waals surface area contributed by atoms with Gasteiger partial charge in [-0.3, -0.25) is 4.79 Å². The second-order valence-corrected chi connectivity index (χ2v) is 8.60. The maximum Gasteiger partial charge on any atom is 0.407 e. The van der Waals surface area contributed by atoms with Gasteiger partial charge in [-0.05, 0) is 61.4 Å². The molecule has 7 nitrogen and oxygen atoms in total. The summed E-state index contributed by atoms with van der Waals surface area (Å²) >= 11 is 0. The Hall–Kier alpha value is -3.61. The number of carbonyl (C=O) groups is 2. The number of rotatable bonds is 12. The summed E-state index contributed by atoms with van der Waals surface area (Å²) in [6, 6.07) is 14.6. The third-order valence-corrected chi connectivity index (χ3v) is 5.60. The van der Waals surface area contributed by atoms with Crippen molar-refractivity contribution in [2.45, 2.75) is 65.4 Å². The number of unbranched alkanes of at least 4 members (excludes halogenated alkanes) is 3. The Bertz CT molecular complexity index is 1190. The third kappa shape index (κ3) is 8.28. The minimum atomic E-state index is -0.454. The number of benzene rings is 2. The van der Waals surface area contributed by atoms with Gasteiger partial charge in [0, 0.05) is 19.0 Å². The van der Waals surface area contributed by atoms with Crippen LogP contribution in [0.1, 0.15) is 62.1 Å². The van der Waals surface area contributed by atoms with Crippen LogP contribution in [0.3, 0.4) is 0 Å². The fourth-order valence-electron chi connectivity index (χ4n) is 3.82. The van der Waals surface area contributed by atoms with E-state index in [9.17, 15) is 14.4 Å². The van der Waals surface area contributed by atoms with E-state index in [4.69, 9.17) is 13.9 Å². The Morgan fingerprint density at radius 2 is 1.80 bits per heavy atom. The zero-order valence-electron chi connectivity index (χ0n) is 20.4. The van der Waals surface area contributed by atoms with Crippen molar-refractivity contribution in [3.8, 4) is 5.75 Å². The van der Waals surface area contributed by atoms with Gasteiger partial charge in [0.2, 0.25) is 0 Å². The predicted molar refractivity (Wildman–Crippen MR) is 135 cm³/mol. The third-order valence-electron chi connectivity index (χ3n) is 5.60. The highest BCUT2D eigenvalue weighted by Gasteiger charge is 2.15. The monoisotopic (exact) mass is 479 g/mol. The number of nitrogens with one attached hydrogen (secondary N) is 1. The zero-order valence-corrected chi connectivity index (χ0v) is 20.4. The number of fused-ring (bicyclic) bond motifs is 1. The van der Waals surface area contributed by atoms with E-state index in [2.05, 4.69) is 12.2 Å². The predicted octanol–water partition coefficient (Wildman–Crippen LogP) is 5.84. The molecule has 35 heavy (non-hydrogen) atoms. The molecule has 3 aromatic rings. The smallest absolute Gasteiger partial charge is 0.407 e. The lowest BCUT2D eigenvalue weighted by Crippen LogP contribution is -2.25. The number of hydrogen-bond donors (Lipinski definition) is 1. The van der Waals surface area contributed by atoms with Crippen LogP contribution in [0.5, 0.6) is 5.75 Å². The summed E-state index contributed by atoms with van der Waals surface area (Å²) in [5.74, 6) is 0.0995. The number of alkyl carbamates (subject to hydrolysis) is 1. The van der Waals surface area contributed by atoms with E-state index >= 15 is 0 Å². The average molecular weight is 480 g/mol. The van der Waals surface area contributed by atoms with Crippen LogP contribution in [0.25, 0.3) is 11.0 Å². The van der Waals surface area contributed by atoms with E-state index in [-0.39, 0.29) is 19.0 Å². The Labute approximate surface area is 205 Å². The van der Waals surface area contributed by atoms with Crippen molar-refractivity contribution >= 4 is 23.0 Å². The van der Waals surface area contributed by atoms with Crippen LogP contribution < -0.4 is 15.7 Å². The highest BCUT2D eigenvalue weighted by atomic mass is 16.5. The largest absolute Gasteiger partial charge is 0.445 e. The van der Waals surface area contributed by atoms with E-state index in [1.165, 1.54) is 6.07 Å². The molecule has 0 bridgehead atoms. The van der Waals surface area contributed by atoms with Gasteiger partial charge in [-0.25, -0.2) is 9.59 Å². The van der Waals surface area contributed by atoms with E-state index in [1.807, 2.05) is 37.3 Å². The van der Waals surface area contributed by atoms with Crippen molar-refractivity contribution in [3.05, 3.63) is 75.6 Å². The number of amides is 1. The molecule has 0 fully saturated rings. The van der Waals surface area contributed by atoms with E-state index in [0.717, 1.165) is 42.4 Å². The van der Waals surface area contributed by atoms with Crippen molar-refractivity contribution in [1.29, 1.82) is 0 Å². The molecular weight excluding hydrogens is 446 g/mol.